The highest BCUT2D eigenvalue weighted by molar-refractivity contribution is 5.95. The molecule has 0 saturated carbocycles. The summed E-state index contributed by atoms with van der Waals surface area (Å²) >= 11 is 0. The van der Waals surface area contributed by atoms with Crippen LogP contribution in [0.15, 0.2) is 16.7 Å². The first-order valence-corrected chi connectivity index (χ1v) is 6.68. The molecule has 0 aliphatic carbocycles. The summed E-state index contributed by atoms with van der Waals surface area (Å²) in [7, 11) is 0. The zero-order valence-corrected chi connectivity index (χ0v) is 11.2. The number of aliphatic hydroxyl groups excluding tert-OH is 1. The highest BCUT2D eigenvalue weighted by Crippen LogP contribution is 2.13. The molecule has 4 heteroatoms. The van der Waals surface area contributed by atoms with E-state index >= 15 is 0 Å². The molecule has 2 N–H and O–H groups in total. The molecule has 0 spiro atoms. The highest BCUT2D eigenvalue weighted by Gasteiger charge is 2.15. The van der Waals surface area contributed by atoms with Crippen LogP contribution in [-0.2, 0) is 6.42 Å². The smallest absolute Gasteiger partial charge is 0.254 e. The molecule has 0 fully saturated rings. The lowest BCUT2D eigenvalue weighted by atomic mass is 10.00. The van der Waals surface area contributed by atoms with Gasteiger partial charge in [0.05, 0.1) is 11.8 Å². The SMILES string of the molecule is CCCC(CCO)CNC(=O)c1ccoc1CC. The van der Waals surface area contributed by atoms with Gasteiger partial charge in [0.2, 0.25) is 0 Å². The van der Waals surface area contributed by atoms with Crippen molar-refractivity contribution in [3.8, 4) is 0 Å². The monoisotopic (exact) mass is 253 g/mol. The summed E-state index contributed by atoms with van der Waals surface area (Å²) < 4.78 is 5.24. The molecule has 1 amide bonds. The van der Waals surface area contributed by atoms with Gasteiger partial charge < -0.3 is 14.8 Å². The summed E-state index contributed by atoms with van der Waals surface area (Å²) in [5.74, 6) is 0.988. The fourth-order valence-electron chi connectivity index (χ4n) is 2.09. The van der Waals surface area contributed by atoms with E-state index in [0.717, 1.165) is 25.0 Å². The average molecular weight is 253 g/mol. The Morgan fingerprint density at radius 1 is 1.44 bits per heavy atom. The second-order valence-electron chi connectivity index (χ2n) is 4.49. The predicted molar refractivity (Wildman–Crippen MR) is 70.5 cm³/mol. The number of hydrogen-bond acceptors (Lipinski definition) is 3. The molecule has 1 atom stereocenters. The molecule has 0 radical (unpaired) electrons. The Morgan fingerprint density at radius 2 is 2.22 bits per heavy atom. The fraction of sp³-hybridized carbons (Fsp3) is 0.643. The van der Waals surface area contributed by atoms with Crippen molar-refractivity contribution in [1.29, 1.82) is 0 Å². The van der Waals surface area contributed by atoms with Crippen LogP contribution in [0.4, 0.5) is 0 Å². The Kier molecular flexibility index (Phi) is 6.50. The first-order chi connectivity index (χ1) is 8.72. The molecule has 0 saturated heterocycles. The van der Waals surface area contributed by atoms with Crippen molar-refractivity contribution in [2.24, 2.45) is 5.92 Å². The number of carbonyl (C=O) groups excluding carboxylic acids is 1. The third kappa shape index (κ3) is 4.18. The van der Waals surface area contributed by atoms with E-state index < -0.39 is 0 Å². The maximum Gasteiger partial charge on any atom is 0.254 e. The summed E-state index contributed by atoms with van der Waals surface area (Å²) in [6.45, 7) is 4.85. The topological polar surface area (TPSA) is 62.5 Å². The molecule has 1 rings (SSSR count). The van der Waals surface area contributed by atoms with Crippen molar-refractivity contribution in [3.05, 3.63) is 23.7 Å². The molecule has 1 aromatic heterocycles. The van der Waals surface area contributed by atoms with Gasteiger partial charge in [0.1, 0.15) is 5.76 Å². The molecule has 0 bridgehead atoms. The van der Waals surface area contributed by atoms with Gasteiger partial charge in [-0.3, -0.25) is 4.79 Å². The second kappa shape index (κ2) is 7.93. The molecular weight excluding hydrogens is 230 g/mol. The third-order valence-corrected chi connectivity index (χ3v) is 3.10. The van der Waals surface area contributed by atoms with Gasteiger partial charge >= 0.3 is 0 Å². The lowest BCUT2D eigenvalue weighted by molar-refractivity contribution is 0.0941. The van der Waals surface area contributed by atoms with Gasteiger partial charge in [0, 0.05) is 19.6 Å². The minimum atomic E-state index is -0.0837. The molecule has 1 unspecified atom stereocenters. The van der Waals surface area contributed by atoms with Gasteiger partial charge in [-0.1, -0.05) is 20.3 Å². The van der Waals surface area contributed by atoms with E-state index in [4.69, 9.17) is 9.52 Å². The lowest BCUT2D eigenvalue weighted by Crippen LogP contribution is -2.30. The van der Waals surface area contributed by atoms with Crippen LogP contribution in [0, 0.1) is 5.92 Å². The van der Waals surface area contributed by atoms with Gasteiger partial charge in [0.15, 0.2) is 0 Å². The predicted octanol–water partition coefficient (Wildman–Crippen LogP) is 2.37. The zero-order chi connectivity index (χ0) is 13.4. The number of aryl methyl sites for hydroxylation is 1. The van der Waals surface area contributed by atoms with E-state index in [1.165, 1.54) is 0 Å². The zero-order valence-electron chi connectivity index (χ0n) is 11.2. The number of nitrogens with one attached hydrogen (secondary N) is 1. The average Bonchev–Trinajstić information content (AvgIpc) is 2.84. The molecule has 0 aliphatic heterocycles. The first kappa shape index (κ1) is 14.8. The minimum absolute atomic E-state index is 0.0837. The summed E-state index contributed by atoms with van der Waals surface area (Å²) in [5.41, 5.74) is 0.622. The fourth-order valence-corrected chi connectivity index (χ4v) is 2.09. The lowest BCUT2D eigenvalue weighted by Gasteiger charge is -2.15. The minimum Gasteiger partial charge on any atom is -0.469 e. The van der Waals surface area contributed by atoms with E-state index in [1.807, 2.05) is 6.92 Å². The second-order valence-corrected chi connectivity index (χ2v) is 4.49. The standard InChI is InChI=1S/C14H23NO3/c1-3-5-11(6-8-16)10-15-14(17)12-7-9-18-13(12)4-2/h7,9,11,16H,3-6,8,10H2,1-2H3,(H,15,17). The Labute approximate surface area is 108 Å². The van der Waals surface area contributed by atoms with Gasteiger partial charge in [-0.25, -0.2) is 0 Å². The van der Waals surface area contributed by atoms with Crippen LogP contribution in [0.1, 0.15) is 49.2 Å². The van der Waals surface area contributed by atoms with Gasteiger partial charge in [0.25, 0.3) is 5.91 Å². The van der Waals surface area contributed by atoms with Crippen LogP contribution in [0.25, 0.3) is 0 Å². The van der Waals surface area contributed by atoms with Crippen LogP contribution in [-0.4, -0.2) is 24.2 Å². The largest absolute Gasteiger partial charge is 0.469 e. The molecular formula is C14H23NO3. The number of furan rings is 1. The van der Waals surface area contributed by atoms with Crippen LogP contribution in [0.3, 0.4) is 0 Å². The van der Waals surface area contributed by atoms with E-state index in [2.05, 4.69) is 12.2 Å². The first-order valence-electron chi connectivity index (χ1n) is 6.68. The Balaban J connectivity index is 2.49. The number of aliphatic hydroxyl groups is 1. The van der Waals surface area contributed by atoms with Crippen LogP contribution in [0.5, 0.6) is 0 Å². The van der Waals surface area contributed by atoms with E-state index in [0.29, 0.717) is 24.4 Å². The molecule has 0 aliphatic rings. The molecule has 102 valence electrons. The van der Waals surface area contributed by atoms with Gasteiger partial charge in [-0.15, -0.1) is 0 Å². The van der Waals surface area contributed by atoms with Gasteiger partial charge in [-0.05, 0) is 24.8 Å². The van der Waals surface area contributed by atoms with Crippen molar-refractivity contribution in [2.75, 3.05) is 13.2 Å². The van der Waals surface area contributed by atoms with Crippen LogP contribution < -0.4 is 5.32 Å². The Hall–Kier alpha value is -1.29. The normalized spacial score (nSPS) is 12.4. The van der Waals surface area contributed by atoms with Crippen molar-refractivity contribution < 1.29 is 14.3 Å². The van der Waals surface area contributed by atoms with E-state index in [-0.39, 0.29) is 12.5 Å². The molecule has 18 heavy (non-hydrogen) atoms. The summed E-state index contributed by atoms with van der Waals surface area (Å²) in [4.78, 5) is 12.0. The van der Waals surface area contributed by atoms with E-state index in [9.17, 15) is 4.79 Å². The van der Waals surface area contributed by atoms with Crippen molar-refractivity contribution >= 4 is 5.91 Å². The summed E-state index contributed by atoms with van der Waals surface area (Å²) in [6.07, 6.45) is 5.08. The molecule has 1 heterocycles. The van der Waals surface area contributed by atoms with Crippen molar-refractivity contribution in [3.63, 3.8) is 0 Å². The molecule has 4 nitrogen and oxygen atoms in total. The maximum atomic E-state index is 12.0. The van der Waals surface area contributed by atoms with Crippen molar-refractivity contribution in [2.45, 2.75) is 39.5 Å². The van der Waals surface area contributed by atoms with Gasteiger partial charge in [-0.2, -0.15) is 0 Å². The Bertz CT molecular complexity index is 354. The number of rotatable bonds is 8. The van der Waals surface area contributed by atoms with E-state index in [1.54, 1.807) is 12.3 Å². The maximum absolute atomic E-state index is 12.0. The quantitative estimate of drug-likeness (QED) is 0.747. The molecule has 0 aromatic carbocycles. The Morgan fingerprint density at radius 3 is 2.83 bits per heavy atom. The number of carbonyl (C=O) groups is 1. The third-order valence-electron chi connectivity index (χ3n) is 3.10. The van der Waals surface area contributed by atoms with Crippen LogP contribution in [0.2, 0.25) is 0 Å². The number of amides is 1. The summed E-state index contributed by atoms with van der Waals surface area (Å²) in [6, 6.07) is 1.70. The van der Waals surface area contributed by atoms with Crippen LogP contribution >= 0.6 is 0 Å². The highest BCUT2D eigenvalue weighted by atomic mass is 16.3. The summed E-state index contributed by atoms with van der Waals surface area (Å²) in [5, 5.41) is 11.9. The van der Waals surface area contributed by atoms with Crippen molar-refractivity contribution in [1.82, 2.24) is 5.32 Å². The number of hydrogen-bond donors (Lipinski definition) is 2. The molecule has 1 aromatic rings.